The Bertz CT molecular complexity index is 723. The van der Waals surface area contributed by atoms with Crippen LogP contribution in [0.5, 0.6) is 0 Å². The summed E-state index contributed by atoms with van der Waals surface area (Å²) >= 11 is 3.36. The van der Waals surface area contributed by atoms with E-state index in [4.69, 9.17) is 4.74 Å². The lowest BCUT2D eigenvalue weighted by Gasteiger charge is -2.16. The van der Waals surface area contributed by atoms with E-state index in [0.717, 1.165) is 10.0 Å². The van der Waals surface area contributed by atoms with Crippen LogP contribution in [0.15, 0.2) is 40.4 Å². The molecule has 0 saturated carbocycles. The quantitative estimate of drug-likeness (QED) is 0.584. The third kappa shape index (κ3) is 3.02. The first-order chi connectivity index (χ1) is 11.4. The molecule has 24 heavy (non-hydrogen) atoms. The number of allylic oxidation sites excluding steroid dienone is 1. The zero-order valence-corrected chi connectivity index (χ0v) is 15.1. The molecule has 2 amide bonds. The molecule has 0 spiro atoms. The van der Waals surface area contributed by atoms with Gasteiger partial charge in [-0.1, -0.05) is 34.1 Å². The number of rotatable bonds is 4. The first-order valence-electron chi connectivity index (χ1n) is 7.89. The molecule has 0 N–H and O–H groups in total. The Morgan fingerprint density at radius 3 is 2.54 bits per heavy atom. The Labute approximate surface area is 148 Å². The van der Waals surface area contributed by atoms with Crippen molar-refractivity contribution in [3.63, 3.8) is 0 Å². The lowest BCUT2D eigenvalue weighted by Crippen LogP contribution is -2.32. The third-order valence-electron chi connectivity index (χ3n) is 4.28. The Morgan fingerprint density at radius 1 is 1.25 bits per heavy atom. The number of carbonyl (C=O) groups is 3. The number of ether oxygens (including phenoxy) is 1. The standard InChI is InChI=1S/C18H18BrNO4/c1-10(2)24-18(23)14-8-7-13-15(14)17(22)20(16(13)21)9-11-3-5-12(19)6-4-11/h3-6,8,10,13,15H,7,9H2,1-2H3/t13-,15-/m0/s1. The number of halogens is 1. The van der Waals surface area contributed by atoms with Gasteiger partial charge in [-0.05, 0) is 38.0 Å². The van der Waals surface area contributed by atoms with Crippen LogP contribution in [-0.2, 0) is 25.7 Å². The van der Waals surface area contributed by atoms with Crippen LogP contribution in [0.4, 0.5) is 0 Å². The molecule has 126 valence electrons. The highest BCUT2D eigenvalue weighted by atomic mass is 79.9. The summed E-state index contributed by atoms with van der Waals surface area (Å²) in [5, 5.41) is 0. The highest BCUT2D eigenvalue weighted by Gasteiger charge is 2.53. The zero-order chi connectivity index (χ0) is 17.4. The minimum atomic E-state index is -0.695. The minimum Gasteiger partial charge on any atom is -0.460 e. The molecule has 5 nitrogen and oxygen atoms in total. The van der Waals surface area contributed by atoms with E-state index in [2.05, 4.69) is 15.9 Å². The molecule has 1 aliphatic carbocycles. The zero-order valence-electron chi connectivity index (χ0n) is 13.5. The van der Waals surface area contributed by atoms with Gasteiger partial charge < -0.3 is 4.74 Å². The maximum atomic E-state index is 12.7. The molecule has 2 aliphatic rings. The van der Waals surface area contributed by atoms with Crippen LogP contribution in [0.3, 0.4) is 0 Å². The SMILES string of the molecule is CC(C)OC(=O)C1=CC[C@@H]2C(=O)N(Cc3ccc(Br)cc3)C(=O)[C@H]12. The van der Waals surface area contributed by atoms with E-state index >= 15 is 0 Å². The lowest BCUT2D eigenvalue weighted by molar-refractivity contribution is -0.145. The average Bonchev–Trinajstić information content (AvgIpc) is 3.05. The number of nitrogens with zero attached hydrogens (tertiary/aromatic N) is 1. The molecule has 1 saturated heterocycles. The summed E-state index contributed by atoms with van der Waals surface area (Å²) in [6, 6.07) is 7.46. The third-order valence-corrected chi connectivity index (χ3v) is 4.81. The number of fused-ring (bicyclic) bond motifs is 1. The van der Waals surface area contributed by atoms with Crippen molar-refractivity contribution in [1.82, 2.24) is 4.90 Å². The Balaban J connectivity index is 1.78. The molecular weight excluding hydrogens is 374 g/mol. The van der Waals surface area contributed by atoms with E-state index in [9.17, 15) is 14.4 Å². The molecule has 0 aromatic heterocycles. The second-order valence-corrected chi connectivity index (χ2v) is 7.24. The van der Waals surface area contributed by atoms with Crippen LogP contribution in [-0.4, -0.2) is 28.8 Å². The molecule has 3 rings (SSSR count). The van der Waals surface area contributed by atoms with Crippen LogP contribution in [0.2, 0.25) is 0 Å². The second kappa shape index (κ2) is 6.51. The van der Waals surface area contributed by atoms with Gasteiger partial charge in [0.2, 0.25) is 11.8 Å². The van der Waals surface area contributed by atoms with Crippen LogP contribution in [0, 0.1) is 11.8 Å². The number of esters is 1. The van der Waals surface area contributed by atoms with E-state index < -0.39 is 17.8 Å². The monoisotopic (exact) mass is 391 g/mol. The normalized spacial score (nSPS) is 22.8. The van der Waals surface area contributed by atoms with Gasteiger partial charge in [-0.25, -0.2) is 4.79 Å². The highest BCUT2D eigenvalue weighted by Crippen LogP contribution is 2.41. The summed E-state index contributed by atoms with van der Waals surface area (Å²) in [4.78, 5) is 38.7. The van der Waals surface area contributed by atoms with Gasteiger partial charge in [0, 0.05) is 10.0 Å². The fourth-order valence-electron chi connectivity index (χ4n) is 3.18. The second-order valence-electron chi connectivity index (χ2n) is 6.32. The van der Waals surface area contributed by atoms with Gasteiger partial charge >= 0.3 is 5.97 Å². The number of likely N-dealkylation sites (tertiary alicyclic amines) is 1. The summed E-state index contributed by atoms with van der Waals surface area (Å²) in [5.74, 6) is -2.18. The average molecular weight is 392 g/mol. The molecule has 1 fully saturated rings. The van der Waals surface area contributed by atoms with Gasteiger partial charge in [0.1, 0.15) is 0 Å². The fourth-order valence-corrected chi connectivity index (χ4v) is 3.44. The van der Waals surface area contributed by atoms with E-state index in [1.165, 1.54) is 4.90 Å². The Kier molecular flexibility index (Phi) is 4.58. The number of amides is 2. The first kappa shape index (κ1) is 16.9. The van der Waals surface area contributed by atoms with Crippen LogP contribution < -0.4 is 0 Å². The van der Waals surface area contributed by atoms with Crippen LogP contribution >= 0.6 is 15.9 Å². The van der Waals surface area contributed by atoms with Crippen molar-refractivity contribution in [2.24, 2.45) is 11.8 Å². The molecule has 2 atom stereocenters. The summed E-state index contributed by atoms with van der Waals surface area (Å²) in [5.41, 5.74) is 1.19. The van der Waals surface area contributed by atoms with Crippen molar-refractivity contribution < 1.29 is 19.1 Å². The summed E-state index contributed by atoms with van der Waals surface area (Å²) < 4.78 is 6.13. The van der Waals surface area contributed by atoms with Gasteiger partial charge in [0.05, 0.1) is 24.5 Å². The number of imide groups is 1. The van der Waals surface area contributed by atoms with Crippen LogP contribution in [0.25, 0.3) is 0 Å². The van der Waals surface area contributed by atoms with Gasteiger partial charge in [0.25, 0.3) is 0 Å². The number of carbonyl (C=O) groups excluding carboxylic acids is 3. The van der Waals surface area contributed by atoms with Gasteiger partial charge in [-0.2, -0.15) is 0 Å². The van der Waals surface area contributed by atoms with Crippen LogP contribution in [0.1, 0.15) is 25.8 Å². The van der Waals surface area contributed by atoms with Crippen molar-refractivity contribution in [3.05, 3.63) is 46.0 Å². The molecule has 0 bridgehead atoms. The van der Waals surface area contributed by atoms with E-state index in [1.807, 2.05) is 24.3 Å². The van der Waals surface area contributed by atoms with Gasteiger partial charge in [0.15, 0.2) is 0 Å². The molecular formula is C18H18BrNO4. The van der Waals surface area contributed by atoms with E-state index in [0.29, 0.717) is 12.0 Å². The molecule has 0 radical (unpaired) electrons. The summed E-state index contributed by atoms with van der Waals surface area (Å²) in [6.45, 7) is 3.74. The minimum absolute atomic E-state index is 0.212. The maximum absolute atomic E-state index is 12.7. The number of benzene rings is 1. The Hall–Kier alpha value is -1.95. The number of hydrogen-bond donors (Lipinski definition) is 0. The first-order valence-corrected chi connectivity index (χ1v) is 8.68. The topological polar surface area (TPSA) is 63.7 Å². The van der Waals surface area contributed by atoms with Crippen molar-refractivity contribution in [2.75, 3.05) is 0 Å². The molecule has 1 aliphatic heterocycles. The van der Waals surface area contributed by atoms with Crippen molar-refractivity contribution in [1.29, 1.82) is 0 Å². The van der Waals surface area contributed by atoms with E-state index in [-0.39, 0.29) is 24.5 Å². The summed E-state index contributed by atoms with van der Waals surface area (Å²) in [7, 11) is 0. The predicted molar refractivity (Wildman–Crippen MR) is 90.6 cm³/mol. The maximum Gasteiger partial charge on any atom is 0.334 e. The molecule has 1 heterocycles. The number of hydrogen-bond acceptors (Lipinski definition) is 4. The fraction of sp³-hybridized carbons (Fsp3) is 0.389. The van der Waals surface area contributed by atoms with E-state index in [1.54, 1.807) is 19.9 Å². The van der Waals surface area contributed by atoms with Crippen molar-refractivity contribution in [3.8, 4) is 0 Å². The van der Waals surface area contributed by atoms with Gasteiger partial charge in [-0.3, -0.25) is 14.5 Å². The highest BCUT2D eigenvalue weighted by molar-refractivity contribution is 9.10. The Morgan fingerprint density at radius 2 is 1.92 bits per heavy atom. The molecule has 0 unspecified atom stereocenters. The summed E-state index contributed by atoms with van der Waals surface area (Å²) in [6.07, 6.45) is 1.82. The lowest BCUT2D eigenvalue weighted by atomic mass is 9.94. The molecule has 1 aromatic carbocycles. The molecule has 1 aromatic rings. The van der Waals surface area contributed by atoms with Crippen molar-refractivity contribution in [2.45, 2.75) is 32.9 Å². The molecule has 6 heteroatoms. The smallest absolute Gasteiger partial charge is 0.334 e. The largest absolute Gasteiger partial charge is 0.460 e. The van der Waals surface area contributed by atoms with Crippen molar-refractivity contribution >= 4 is 33.7 Å². The predicted octanol–water partition coefficient (Wildman–Crippen LogP) is 2.83. The van der Waals surface area contributed by atoms with Gasteiger partial charge in [-0.15, -0.1) is 0 Å².